The van der Waals surface area contributed by atoms with Crippen LogP contribution < -0.4 is 20.5 Å². The van der Waals surface area contributed by atoms with Crippen molar-refractivity contribution in [2.24, 2.45) is 0 Å². The van der Waals surface area contributed by atoms with E-state index in [1.165, 1.54) is 4.88 Å². The summed E-state index contributed by atoms with van der Waals surface area (Å²) in [4.78, 5) is 14.7. The number of nitrogen functional groups attached to an aromatic ring is 1. The van der Waals surface area contributed by atoms with Crippen molar-refractivity contribution >= 4 is 34.1 Å². The van der Waals surface area contributed by atoms with Crippen molar-refractivity contribution in [3.8, 4) is 11.5 Å². The molecule has 0 unspecified atom stereocenters. The van der Waals surface area contributed by atoms with Crippen LogP contribution in [0.4, 0.5) is 11.8 Å². The number of thiophene rings is 1. The number of aromatic nitrogens is 3. The van der Waals surface area contributed by atoms with E-state index in [-0.39, 0.29) is 0 Å². The largest absolute Gasteiger partial charge is 0.497 e. The lowest BCUT2D eigenvalue weighted by molar-refractivity contribution is 0.393. The number of rotatable bonds is 8. The van der Waals surface area contributed by atoms with E-state index in [1.54, 1.807) is 31.8 Å². The average Bonchev–Trinajstić information content (AvgIpc) is 3.27. The van der Waals surface area contributed by atoms with Crippen molar-refractivity contribution in [3.05, 3.63) is 64.0 Å². The molecule has 0 saturated heterocycles. The van der Waals surface area contributed by atoms with Gasteiger partial charge in [-0.25, -0.2) is 4.98 Å². The standard InChI is InChI=1S/C22H23N5O2S/c1-28-16-11-14(12-17(13-16)29-2)10-15-5-7-24-21-19(15)20(23)26-22(27-21)25-8-6-18-4-3-9-30-18/h3-5,7,9,11-13H,6,8,10H2,1-2H3,(H3,23,24,25,26,27). The molecule has 7 nitrogen and oxygen atoms in total. The Balaban J connectivity index is 1.59. The van der Waals surface area contributed by atoms with E-state index in [4.69, 9.17) is 15.2 Å². The second-order valence-corrected chi connectivity index (χ2v) is 7.79. The number of nitrogens with two attached hydrogens (primary N) is 1. The predicted molar refractivity (Wildman–Crippen MR) is 121 cm³/mol. The summed E-state index contributed by atoms with van der Waals surface area (Å²) in [6.45, 7) is 0.731. The maximum atomic E-state index is 6.31. The zero-order chi connectivity index (χ0) is 20.9. The van der Waals surface area contributed by atoms with E-state index in [0.717, 1.165) is 41.0 Å². The SMILES string of the molecule is COc1cc(Cc2ccnc3nc(NCCc4cccs4)nc(N)c23)cc(OC)c1. The first-order valence-electron chi connectivity index (χ1n) is 9.55. The number of fused-ring (bicyclic) bond motifs is 1. The summed E-state index contributed by atoms with van der Waals surface area (Å²) in [5.41, 5.74) is 8.93. The summed E-state index contributed by atoms with van der Waals surface area (Å²) in [6, 6.07) is 11.9. The molecule has 8 heteroatoms. The highest BCUT2D eigenvalue weighted by molar-refractivity contribution is 7.09. The zero-order valence-electron chi connectivity index (χ0n) is 16.9. The van der Waals surface area contributed by atoms with Gasteiger partial charge in [-0.2, -0.15) is 9.97 Å². The molecule has 3 N–H and O–H groups in total. The molecule has 0 bridgehead atoms. The lowest BCUT2D eigenvalue weighted by Gasteiger charge is -2.12. The molecule has 3 heterocycles. The predicted octanol–water partition coefficient (Wildman–Crippen LogP) is 3.93. The molecule has 3 aromatic heterocycles. The highest BCUT2D eigenvalue weighted by Gasteiger charge is 2.12. The second-order valence-electron chi connectivity index (χ2n) is 6.75. The number of pyridine rings is 1. The Morgan fingerprint density at radius 2 is 1.87 bits per heavy atom. The molecule has 0 amide bonds. The molecule has 4 aromatic rings. The summed E-state index contributed by atoms with van der Waals surface area (Å²) >= 11 is 1.74. The first-order chi connectivity index (χ1) is 14.7. The van der Waals surface area contributed by atoms with E-state index in [9.17, 15) is 0 Å². The molecule has 0 spiro atoms. The van der Waals surface area contributed by atoms with Crippen LogP contribution in [-0.4, -0.2) is 35.7 Å². The molecular weight excluding hydrogens is 398 g/mol. The third kappa shape index (κ3) is 4.44. The molecule has 0 saturated carbocycles. The van der Waals surface area contributed by atoms with Crippen molar-refractivity contribution in [2.45, 2.75) is 12.8 Å². The number of methoxy groups -OCH3 is 2. The van der Waals surface area contributed by atoms with E-state index < -0.39 is 0 Å². The molecule has 4 rings (SSSR count). The van der Waals surface area contributed by atoms with Gasteiger partial charge >= 0.3 is 0 Å². The monoisotopic (exact) mass is 421 g/mol. The minimum Gasteiger partial charge on any atom is -0.497 e. The summed E-state index contributed by atoms with van der Waals surface area (Å²) in [7, 11) is 3.28. The molecule has 0 aliphatic carbocycles. The Morgan fingerprint density at radius 1 is 1.07 bits per heavy atom. The van der Waals surface area contributed by atoms with Crippen LogP contribution in [-0.2, 0) is 12.8 Å². The lowest BCUT2D eigenvalue weighted by atomic mass is 10.0. The first-order valence-corrected chi connectivity index (χ1v) is 10.4. The van der Waals surface area contributed by atoms with Gasteiger partial charge < -0.3 is 20.5 Å². The Morgan fingerprint density at radius 3 is 2.57 bits per heavy atom. The maximum Gasteiger partial charge on any atom is 0.226 e. The van der Waals surface area contributed by atoms with Gasteiger partial charge in [0.1, 0.15) is 17.3 Å². The number of anilines is 2. The fraction of sp³-hybridized carbons (Fsp3) is 0.227. The highest BCUT2D eigenvalue weighted by atomic mass is 32.1. The molecule has 0 radical (unpaired) electrons. The highest BCUT2D eigenvalue weighted by Crippen LogP contribution is 2.28. The van der Waals surface area contributed by atoms with Crippen LogP contribution in [0.5, 0.6) is 11.5 Å². The van der Waals surface area contributed by atoms with Gasteiger partial charge in [-0.15, -0.1) is 11.3 Å². The zero-order valence-corrected chi connectivity index (χ0v) is 17.7. The van der Waals surface area contributed by atoms with Crippen molar-refractivity contribution in [1.82, 2.24) is 15.0 Å². The summed E-state index contributed by atoms with van der Waals surface area (Å²) < 4.78 is 10.8. The Hall–Kier alpha value is -3.39. The van der Waals surface area contributed by atoms with E-state index in [1.807, 2.05) is 30.3 Å². The summed E-state index contributed by atoms with van der Waals surface area (Å²) in [6.07, 6.45) is 3.28. The van der Waals surface area contributed by atoms with Gasteiger partial charge in [-0.05, 0) is 53.6 Å². The maximum absolute atomic E-state index is 6.31. The van der Waals surface area contributed by atoms with E-state index in [0.29, 0.717) is 23.8 Å². The van der Waals surface area contributed by atoms with Gasteiger partial charge in [0.2, 0.25) is 5.95 Å². The van der Waals surface area contributed by atoms with E-state index >= 15 is 0 Å². The van der Waals surface area contributed by atoms with Crippen LogP contribution in [0.15, 0.2) is 48.0 Å². The number of nitrogens with zero attached hydrogens (tertiary/aromatic N) is 3. The molecule has 0 atom stereocenters. The molecule has 154 valence electrons. The third-order valence-corrected chi connectivity index (χ3v) is 5.69. The minimum absolute atomic E-state index is 0.414. The Kier molecular flexibility index (Phi) is 5.94. The Bertz CT molecular complexity index is 1130. The van der Waals surface area contributed by atoms with Crippen LogP contribution in [0, 0.1) is 0 Å². The number of ether oxygens (including phenoxy) is 2. The minimum atomic E-state index is 0.414. The van der Waals surface area contributed by atoms with Crippen LogP contribution in [0.1, 0.15) is 16.0 Å². The molecule has 0 aliphatic heterocycles. The van der Waals surface area contributed by atoms with Gasteiger partial charge in [0.05, 0.1) is 19.6 Å². The van der Waals surface area contributed by atoms with Gasteiger partial charge in [0.15, 0.2) is 5.65 Å². The van der Waals surface area contributed by atoms with Crippen molar-refractivity contribution in [3.63, 3.8) is 0 Å². The fourth-order valence-electron chi connectivity index (χ4n) is 3.32. The van der Waals surface area contributed by atoms with Gasteiger partial charge in [-0.3, -0.25) is 0 Å². The molecule has 0 fully saturated rings. The van der Waals surface area contributed by atoms with Crippen molar-refractivity contribution in [1.29, 1.82) is 0 Å². The van der Waals surface area contributed by atoms with Gasteiger partial charge in [0.25, 0.3) is 0 Å². The Labute approximate surface area is 178 Å². The van der Waals surface area contributed by atoms with Crippen LogP contribution >= 0.6 is 11.3 Å². The molecule has 1 aromatic carbocycles. The average molecular weight is 422 g/mol. The van der Waals surface area contributed by atoms with Crippen LogP contribution in [0.3, 0.4) is 0 Å². The lowest BCUT2D eigenvalue weighted by Crippen LogP contribution is -2.10. The van der Waals surface area contributed by atoms with Crippen molar-refractivity contribution in [2.75, 3.05) is 31.8 Å². The molecule has 0 aliphatic rings. The fourth-order valence-corrected chi connectivity index (χ4v) is 4.02. The van der Waals surface area contributed by atoms with E-state index in [2.05, 4.69) is 31.7 Å². The number of benzene rings is 1. The van der Waals surface area contributed by atoms with Crippen LogP contribution in [0.25, 0.3) is 11.0 Å². The van der Waals surface area contributed by atoms with Gasteiger partial charge in [0, 0.05) is 23.7 Å². The first kappa shape index (κ1) is 19.9. The quantitative estimate of drug-likeness (QED) is 0.445. The van der Waals surface area contributed by atoms with Crippen LogP contribution in [0.2, 0.25) is 0 Å². The van der Waals surface area contributed by atoms with Gasteiger partial charge in [-0.1, -0.05) is 6.07 Å². The summed E-state index contributed by atoms with van der Waals surface area (Å²) in [5, 5.41) is 6.09. The smallest absolute Gasteiger partial charge is 0.226 e. The molecule has 30 heavy (non-hydrogen) atoms. The number of hydrogen-bond donors (Lipinski definition) is 2. The topological polar surface area (TPSA) is 95.2 Å². The normalized spacial score (nSPS) is 10.9. The van der Waals surface area contributed by atoms with Crippen molar-refractivity contribution < 1.29 is 9.47 Å². The number of nitrogens with one attached hydrogen (secondary N) is 1. The third-order valence-electron chi connectivity index (χ3n) is 4.75. The second kappa shape index (κ2) is 8.96. The summed E-state index contributed by atoms with van der Waals surface area (Å²) in [5.74, 6) is 2.38. The number of hydrogen-bond acceptors (Lipinski definition) is 8. The molecular formula is C22H23N5O2S.